The summed E-state index contributed by atoms with van der Waals surface area (Å²) < 4.78 is 71.2. The molecule has 0 N–H and O–H groups in total. The number of rotatable bonds is 8. The number of carbonyl (C=O) groups is 1. The number of benzene rings is 3. The van der Waals surface area contributed by atoms with Crippen molar-refractivity contribution in [3.8, 4) is 11.5 Å². The van der Waals surface area contributed by atoms with E-state index in [0.717, 1.165) is 23.5 Å². The first-order chi connectivity index (χ1) is 21.0. The second kappa shape index (κ2) is 12.5. The topological polar surface area (TPSA) is 79.1 Å². The van der Waals surface area contributed by atoms with Crippen LogP contribution in [0.5, 0.6) is 11.5 Å². The van der Waals surface area contributed by atoms with Crippen LogP contribution >= 0.6 is 11.3 Å². The van der Waals surface area contributed by atoms with Gasteiger partial charge in [0.05, 0.1) is 41.1 Å². The summed E-state index contributed by atoms with van der Waals surface area (Å²) in [5.41, 5.74) is 0.950. The lowest BCUT2D eigenvalue weighted by molar-refractivity contribution is -0.139. The third-order valence-corrected chi connectivity index (χ3v) is 7.84. The van der Waals surface area contributed by atoms with Crippen molar-refractivity contribution in [2.24, 2.45) is 4.99 Å². The van der Waals surface area contributed by atoms with Crippen molar-refractivity contribution in [1.82, 2.24) is 4.57 Å². The fourth-order valence-electron chi connectivity index (χ4n) is 4.83. The summed E-state index contributed by atoms with van der Waals surface area (Å²) in [5, 5.41) is 0. The van der Waals surface area contributed by atoms with Crippen molar-refractivity contribution in [2.75, 3.05) is 13.7 Å². The van der Waals surface area contributed by atoms with Crippen LogP contribution in [0.15, 0.2) is 87.8 Å². The zero-order chi connectivity index (χ0) is 31.6. The zero-order valence-electron chi connectivity index (χ0n) is 23.8. The van der Waals surface area contributed by atoms with Gasteiger partial charge in [-0.25, -0.2) is 14.2 Å². The van der Waals surface area contributed by atoms with Gasteiger partial charge in [-0.2, -0.15) is 13.2 Å². The Balaban J connectivity index is 1.54. The first-order valence-electron chi connectivity index (χ1n) is 13.4. The van der Waals surface area contributed by atoms with Gasteiger partial charge in [-0.1, -0.05) is 35.6 Å². The lowest BCUT2D eigenvalue weighted by Crippen LogP contribution is -2.39. The minimum atomic E-state index is -4.51. The van der Waals surface area contributed by atoms with E-state index in [1.165, 1.54) is 48.1 Å². The van der Waals surface area contributed by atoms with Crippen LogP contribution in [0.1, 0.15) is 42.1 Å². The number of thiazole rings is 1. The van der Waals surface area contributed by atoms with Crippen molar-refractivity contribution < 1.29 is 36.6 Å². The summed E-state index contributed by atoms with van der Waals surface area (Å²) in [6.07, 6.45) is -2.87. The lowest BCUT2D eigenvalue weighted by Gasteiger charge is -2.24. The Kier molecular flexibility index (Phi) is 8.73. The van der Waals surface area contributed by atoms with Crippen LogP contribution in [0.4, 0.5) is 17.6 Å². The number of allylic oxidation sites excluding steroid dienone is 1. The quantitative estimate of drug-likeness (QED) is 0.190. The highest BCUT2D eigenvalue weighted by molar-refractivity contribution is 7.07. The van der Waals surface area contributed by atoms with Gasteiger partial charge in [-0.05, 0) is 73.5 Å². The molecule has 0 aliphatic carbocycles. The van der Waals surface area contributed by atoms with Gasteiger partial charge in [0.15, 0.2) is 4.80 Å². The number of fused-ring (bicyclic) bond motifs is 1. The van der Waals surface area contributed by atoms with Gasteiger partial charge in [0.2, 0.25) is 0 Å². The molecule has 4 aromatic rings. The number of halogens is 4. The molecule has 0 spiro atoms. The number of carbonyl (C=O) groups excluding carboxylic acids is 1. The van der Waals surface area contributed by atoms with E-state index in [2.05, 4.69) is 4.99 Å². The van der Waals surface area contributed by atoms with Crippen molar-refractivity contribution >= 4 is 23.4 Å². The molecular weight excluding hydrogens is 600 g/mol. The molecule has 1 aliphatic rings. The van der Waals surface area contributed by atoms with Crippen LogP contribution in [-0.4, -0.2) is 24.3 Å². The first kappa shape index (κ1) is 30.7. The van der Waals surface area contributed by atoms with Gasteiger partial charge < -0.3 is 14.2 Å². The predicted octanol–water partition coefficient (Wildman–Crippen LogP) is 5.54. The van der Waals surface area contributed by atoms with Gasteiger partial charge in [0, 0.05) is 5.56 Å². The Labute approximate surface area is 253 Å². The summed E-state index contributed by atoms with van der Waals surface area (Å²) in [4.78, 5) is 31.7. The highest BCUT2D eigenvalue weighted by atomic mass is 32.1. The normalized spacial score (nSPS) is 15.1. The van der Waals surface area contributed by atoms with Crippen molar-refractivity contribution in [3.05, 3.63) is 126 Å². The van der Waals surface area contributed by atoms with Crippen LogP contribution in [0, 0.1) is 5.82 Å². The van der Waals surface area contributed by atoms with E-state index >= 15 is 0 Å². The zero-order valence-corrected chi connectivity index (χ0v) is 24.6. The molecule has 0 amide bonds. The van der Waals surface area contributed by atoms with Gasteiger partial charge in [-0.15, -0.1) is 0 Å². The van der Waals surface area contributed by atoms with Crippen molar-refractivity contribution in [2.45, 2.75) is 32.7 Å². The molecule has 3 aromatic carbocycles. The fourth-order valence-corrected chi connectivity index (χ4v) is 5.87. The molecule has 0 unspecified atom stereocenters. The molecule has 0 fully saturated rings. The molecule has 1 atom stereocenters. The Morgan fingerprint density at radius 3 is 2.52 bits per heavy atom. The van der Waals surface area contributed by atoms with Crippen molar-refractivity contribution in [1.29, 1.82) is 0 Å². The Bertz CT molecular complexity index is 1930. The first-order valence-corrected chi connectivity index (χ1v) is 14.2. The number of methoxy groups -OCH3 is 1. The van der Waals surface area contributed by atoms with Gasteiger partial charge in [-0.3, -0.25) is 9.36 Å². The predicted molar refractivity (Wildman–Crippen MR) is 156 cm³/mol. The molecule has 0 saturated carbocycles. The minimum Gasteiger partial charge on any atom is -0.496 e. The van der Waals surface area contributed by atoms with Crippen LogP contribution in [-0.2, 0) is 22.3 Å². The fraction of sp³-hybridized carbons (Fsp3) is 0.219. The van der Waals surface area contributed by atoms with E-state index in [-0.39, 0.29) is 24.5 Å². The van der Waals surface area contributed by atoms with E-state index in [9.17, 15) is 27.2 Å². The van der Waals surface area contributed by atoms with Gasteiger partial charge in [0.1, 0.15) is 23.9 Å². The monoisotopic (exact) mass is 626 g/mol. The maximum Gasteiger partial charge on any atom is 0.416 e. The number of hydrogen-bond donors (Lipinski definition) is 0. The molecule has 12 heteroatoms. The number of alkyl halides is 3. The summed E-state index contributed by atoms with van der Waals surface area (Å²) in [7, 11) is 1.46. The lowest BCUT2D eigenvalue weighted by atomic mass is 9.96. The average molecular weight is 627 g/mol. The molecule has 2 heterocycles. The number of nitrogens with zero attached hydrogens (tertiary/aromatic N) is 2. The van der Waals surface area contributed by atoms with E-state index < -0.39 is 35.1 Å². The highest BCUT2D eigenvalue weighted by Crippen LogP contribution is 2.33. The van der Waals surface area contributed by atoms with E-state index in [1.54, 1.807) is 38.1 Å². The summed E-state index contributed by atoms with van der Waals surface area (Å²) >= 11 is 1.12. The molecule has 0 bridgehead atoms. The number of aromatic nitrogens is 1. The molecule has 5 rings (SSSR count). The van der Waals surface area contributed by atoms with Crippen LogP contribution < -0.4 is 24.4 Å². The second-order valence-corrected chi connectivity index (χ2v) is 10.7. The van der Waals surface area contributed by atoms with Crippen LogP contribution in [0.3, 0.4) is 0 Å². The number of ether oxygens (including phenoxy) is 3. The maximum absolute atomic E-state index is 13.8. The van der Waals surface area contributed by atoms with Crippen molar-refractivity contribution in [3.63, 3.8) is 0 Å². The summed E-state index contributed by atoms with van der Waals surface area (Å²) in [5.74, 6) is -0.611. The van der Waals surface area contributed by atoms with E-state index in [1.807, 2.05) is 0 Å². The van der Waals surface area contributed by atoms with Crippen LogP contribution in [0.2, 0.25) is 0 Å². The summed E-state index contributed by atoms with van der Waals surface area (Å²) in [6.45, 7) is 3.34. The molecule has 228 valence electrons. The average Bonchev–Trinajstić information content (AvgIpc) is 3.29. The third-order valence-electron chi connectivity index (χ3n) is 6.86. The van der Waals surface area contributed by atoms with Gasteiger partial charge >= 0.3 is 12.1 Å². The molecule has 0 radical (unpaired) electrons. The molecular formula is C32H26F4N2O5S. The highest BCUT2D eigenvalue weighted by Gasteiger charge is 2.33. The third kappa shape index (κ3) is 6.30. The second-order valence-electron chi connectivity index (χ2n) is 9.74. The molecule has 1 aromatic heterocycles. The van der Waals surface area contributed by atoms with Crippen LogP contribution in [0.25, 0.3) is 6.08 Å². The Hall–Kier alpha value is -4.71. The maximum atomic E-state index is 13.8. The van der Waals surface area contributed by atoms with Gasteiger partial charge in [0.25, 0.3) is 5.56 Å². The molecule has 0 saturated heterocycles. The molecule has 1 aliphatic heterocycles. The minimum absolute atomic E-state index is 0.0363. The number of hydrogen-bond acceptors (Lipinski definition) is 7. The van der Waals surface area contributed by atoms with E-state index in [4.69, 9.17) is 14.2 Å². The number of esters is 1. The molecule has 7 nitrogen and oxygen atoms in total. The van der Waals surface area contributed by atoms with E-state index in [0.29, 0.717) is 37.5 Å². The summed E-state index contributed by atoms with van der Waals surface area (Å²) in [6, 6.07) is 14.3. The molecule has 44 heavy (non-hydrogen) atoms. The SMILES string of the molecule is CCOC(=O)C1=C(C)N=c2sc(=Cc3ccc(OC)c(COc4cccc(C(F)(F)F)c4)c3)c(=O)n2[C@@H]1c1ccc(F)cc1. The standard InChI is InChI=1S/C32H26F4N2O5S/c1-4-42-30(40)27-18(2)37-31-38(28(27)20-9-11-23(33)12-10-20)29(39)26(44-31)15-19-8-13-25(41-3)21(14-19)17-43-24-7-5-6-22(16-24)32(34,35)36/h5-16,28H,4,17H2,1-3H3/t28-/m1/s1. The Morgan fingerprint density at radius 1 is 1.09 bits per heavy atom. The largest absolute Gasteiger partial charge is 0.496 e. The smallest absolute Gasteiger partial charge is 0.416 e. The Morgan fingerprint density at radius 2 is 1.84 bits per heavy atom.